The van der Waals surface area contributed by atoms with Gasteiger partial charge in [0.1, 0.15) is 5.82 Å². The van der Waals surface area contributed by atoms with E-state index in [0.717, 1.165) is 12.1 Å². The zero-order chi connectivity index (χ0) is 10.3. The molecule has 0 aliphatic carbocycles. The van der Waals surface area contributed by atoms with E-state index in [9.17, 15) is 17.6 Å². The van der Waals surface area contributed by atoms with Gasteiger partial charge in [0, 0.05) is 0 Å². The van der Waals surface area contributed by atoms with Gasteiger partial charge in [-0.15, -0.1) is 5.70 Å². The van der Waals surface area contributed by atoms with Crippen LogP contribution in [0.4, 0.5) is 17.6 Å². The summed E-state index contributed by atoms with van der Waals surface area (Å²) in [6, 6.07) is 2.40. The molecule has 0 saturated heterocycles. The van der Waals surface area contributed by atoms with Gasteiger partial charge >= 0.3 is 27.2 Å². The van der Waals surface area contributed by atoms with Crippen molar-refractivity contribution < 1.29 is 38.6 Å². The van der Waals surface area contributed by atoms with Crippen LogP contribution in [0.5, 0.6) is 0 Å². The molecule has 1 aromatic rings. The van der Waals surface area contributed by atoms with E-state index >= 15 is 0 Å². The van der Waals surface area contributed by atoms with Crippen molar-refractivity contribution in [1.82, 2.24) is 0 Å². The second-order valence-corrected chi connectivity index (χ2v) is 2.84. The molecular weight excluding hydrogens is 396 g/mol. The Bertz CT molecular complexity index is 414. The molecule has 0 saturated carbocycles. The Balaban J connectivity index is 0.00000112. The van der Waals surface area contributed by atoms with Crippen molar-refractivity contribution in [2.75, 3.05) is 0 Å². The van der Waals surface area contributed by atoms with Crippen LogP contribution >= 0.6 is 0 Å². The summed E-state index contributed by atoms with van der Waals surface area (Å²) in [6.45, 7) is 0. The van der Waals surface area contributed by atoms with Crippen LogP contribution in [0.25, 0.3) is 17.2 Å². The topological polar surface area (TPSA) is 47.6 Å². The van der Waals surface area contributed by atoms with Gasteiger partial charge in [0.15, 0.2) is 0 Å². The van der Waals surface area contributed by atoms with E-state index in [1.54, 1.807) is 0 Å². The first-order valence-corrected chi connectivity index (χ1v) is 3.76. The molecule has 1 aliphatic rings. The van der Waals surface area contributed by atoms with Crippen molar-refractivity contribution >= 4 is 5.70 Å². The fourth-order valence-electron chi connectivity index (χ4n) is 1.07. The molecule has 0 aromatic heterocycles. The number of hydrogen-bond acceptors (Lipinski definition) is 0. The molecule has 0 unspecified atom stereocenters. The van der Waals surface area contributed by atoms with Crippen LogP contribution in [0, 0.1) is 5.82 Å². The maximum absolute atomic E-state index is 13.1. The first-order chi connectivity index (χ1) is 6.48. The van der Waals surface area contributed by atoms with Crippen molar-refractivity contribution in [1.29, 1.82) is 0 Å². The molecule has 0 bridgehead atoms. The minimum atomic E-state index is -4.51. The average Bonchev–Trinajstić information content (AvgIpc) is 2.85. The van der Waals surface area contributed by atoms with E-state index in [1.165, 1.54) is 6.20 Å². The summed E-state index contributed by atoms with van der Waals surface area (Å²) >= 11 is 0. The Morgan fingerprint density at radius 1 is 1.12 bits per heavy atom. The fraction of sp³-hybridized carbons (Fsp3) is 0.111. The quantitative estimate of drug-likeness (QED) is 0.632. The number of benzene rings is 1. The van der Waals surface area contributed by atoms with Crippen LogP contribution in [-0.4, -0.2) is 0 Å². The second-order valence-electron chi connectivity index (χ2n) is 2.84. The van der Waals surface area contributed by atoms with Gasteiger partial charge in [0.05, 0.1) is 5.56 Å². The molecule has 0 spiro atoms. The molecule has 0 amide bonds. The molecule has 0 atom stereocenters. The van der Waals surface area contributed by atoms with Crippen molar-refractivity contribution in [2.24, 2.45) is 0 Å². The first kappa shape index (κ1) is 15.1. The summed E-state index contributed by atoms with van der Waals surface area (Å²) < 4.78 is 49.4. The largest absolute Gasteiger partial charge is 2.00 e. The predicted octanol–water partition coefficient (Wildman–Crippen LogP) is 4.24. The Labute approximate surface area is 104 Å². The summed E-state index contributed by atoms with van der Waals surface area (Å²) in [7, 11) is 0. The molecule has 16 heavy (non-hydrogen) atoms. The van der Waals surface area contributed by atoms with Gasteiger partial charge in [0.25, 0.3) is 0 Å². The molecule has 1 aromatic carbocycles. The smallest absolute Gasteiger partial charge is 0.693 e. The maximum Gasteiger partial charge on any atom is 2.00 e. The van der Waals surface area contributed by atoms with Crippen LogP contribution in [0.3, 0.4) is 0 Å². The Morgan fingerprint density at radius 3 is 2.06 bits per heavy atom. The van der Waals surface area contributed by atoms with Gasteiger partial charge in [0.2, 0.25) is 0 Å². The Hall–Kier alpha value is -0.872. The summed E-state index contributed by atoms with van der Waals surface area (Å²) in [5.41, 5.74) is -0.478. The van der Waals surface area contributed by atoms with Gasteiger partial charge in [-0.2, -0.15) is 19.4 Å². The molecule has 7 heteroatoms. The van der Waals surface area contributed by atoms with Gasteiger partial charge < -0.3 is 11.5 Å². The van der Waals surface area contributed by atoms with Crippen molar-refractivity contribution in [3.63, 3.8) is 0 Å². The minimum Gasteiger partial charge on any atom is -0.693 e. The van der Waals surface area contributed by atoms with E-state index in [0.29, 0.717) is 11.8 Å². The fourth-order valence-corrected chi connectivity index (χ4v) is 1.07. The van der Waals surface area contributed by atoms with E-state index in [4.69, 9.17) is 0 Å². The van der Waals surface area contributed by atoms with Crippen LogP contribution in [0.1, 0.15) is 11.1 Å². The molecular formula is C9H6F4N2W. The van der Waals surface area contributed by atoms with Crippen LogP contribution < -0.4 is 0 Å². The number of nitrogens with two attached hydrogens (primary N) is 1. The number of nitrogens with zero attached hydrogens (tertiary/aromatic N) is 1. The predicted molar refractivity (Wildman–Crippen MR) is 48.0 cm³/mol. The third-order valence-electron chi connectivity index (χ3n) is 1.83. The molecule has 0 fully saturated rings. The molecule has 1 aliphatic heterocycles. The molecule has 0 radical (unpaired) electrons. The number of hydrogen-bond donors (Lipinski definition) is 0. The van der Waals surface area contributed by atoms with Crippen LogP contribution in [-0.2, 0) is 27.2 Å². The zero-order valence-corrected chi connectivity index (χ0v) is 10.7. The van der Waals surface area contributed by atoms with Crippen molar-refractivity contribution in [2.45, 2.75) is 6.18 Å². The molecule has 1 heterocycles. The first-order valence-electron chi connectivity index (χ1n) is 3.76. The molecule has 2 N–H and O–H groups in total. The summed E-state index contributed by atoms with van der Waals surface area (Å²) in [6.07, 6.45) is -3.11. The molecule has 86 valence electrons. The van der Waals surface area contributed by atoms with Gasteiger partial charge in [-0.05, 0) is 17.7 Å². The summed E-state index contributed by atoms with van der Waals surface area (Å²) in [5, 5.41) is 3.60. The SMILES string of the molecule is Fc1cc(C(F)(F)F)ccc1C1=C[N-]1.[NH2-].[W+2]. The molecule has 2 nitrogen and oxygen atoms in total. The van der Waals surface area contributed by atoms with E-state index in [1.807, 2.05) is 0 Å². The third kappa shape index (κ3) is 3.06. The number of halogens is 4. The minimum absolute atomic E-state index is 0. The second kappa shape index (κ2) is 4.97. The summed E-state index contributed by atoms with van der Waals surface area (Å²) in [5.74, 6) is -0.896. The zero-order valence-electron chi connectivity index (χ0n) is 7.75. The molecule has 2 rings (SSSR count). The van der Waals surface area contributed by atoms with E-state index in [2.05, 4.69) is 5.32 Å². The summed E-state index contributed by atoms with van der Waals surface area (Å²) in [4.78, 5) is 0. The van der Waals surface area contributed by atoms with Gasteiger partial charge in [-0.25, -0.2) is 4.39 Å². The monoisotopic (exact) mass is 402 g/mol. The number of alkyl halides is 3. The normalized spacial score (nSPS) is 12.9. The van der Waals surface area contributed by atoms with Gasteiger partial charge in [-0.1, -0.05) is 6.07 Å². The van der Waals surface area contributed by atoms with Crippen LogP contribution in [0.2, 0.25) is 0 Å². The average molecular weight is 402 g/mol. The Kier molecular flexibility index (Phi) is 4.70. The maximum atomic E-state index is 13.1. The van der Waals surface area contributed by atoms with Crippen molar-refractivity contribution in [3.05, 3.63) is 52.8 Å². The van der Waals surface area contributed by atoms with E-state index in [-0.39, 0.29) is 32.8 Å². The standard InChI is InChI=1S/C9H4F4N.H2N.W/c10-7-3-5(9(11,12)13)1-2-6(7)8-4-14-8;;/h1-4H;1H2;/q2*-1;+2. The van der Waals surface area contributed by atoms with Crippen LogP contribution in [0.15, 0.2) is 24.4 Å². The van der Waals surface area contributed by atoms with Crippen molar-refractivity contribution in [3.8, 4) is 0 Å². The number of rotatable bonds is 1. The Morgan fingerprint density at radius 2 is 1.69 bits per heavy atom. The third-order valence-corrected chi connectivity index (χ3v) is 1.83. The van der Waals surface area contributed by atoms with Gasteiger partial charge in [-0.3, -0.25) is 0 Å². The van der Waals surface area contributed by atoms with E-state index < -0.39 is 17.6 Å².